The normalized spacial score (nSPS) is 13.1. The molecule has 0 N–H and O–H groups in total. The highest BCUT2D eigenvalue weighted by atomic mass is 32.1. The molecule has 0 bridgehead atoms. The third kappa shape index (κ3) is 3.53. The first-order valence-corrected chi connectivity index (χ1v) is 10.2. The monoisotopic (exact) mass is 419 g/mol. The van der Waals surface area contributed by atoms with E-state index in [-0.39, 0.29) is 5.91 Å². The van der Waals surface area contributed by atoms with E-state index in [9.17, 15) is 4.79 Å². The van der Waals surface area contributed by atoms with Gasteiger partial charge in [0.25, 0.3) is 5.91 Å². The number of fused-ring (bicyclic) bond motifs is 2. The highest BCUT2D eigenvalue weighted by Gasteiger charge is 2.23. The lowest BCUT2D eigenvalue weighted by Crippen LogP contribution is -2.26. The Morgan fingerprint density at radius 3 is 2.83 bits per heavy atom. The summed E-state index contributed by atoms with van der Waals surface area (Å²) in [7, 11) is 0. The highest BCUT2D eigenvalue weighted by molar-refractivity contribution is 7.22. The van der Waals surface area contributed by atoms with Crippen molar-refractivity contribution in [2.24, 2.45) is 5.10 Å². The van der Waals surface area contributed by atoms with Crippen LogP contribution in [0, 0.1) is 6.92 Å². The van der Waals surface area contributed by atoms with Crippen LogP contribution in [0.2, 0.25) is 0 Å². The number of hydrazone groups is 1. The zero-order valence-electron chi connectivity index (χ0n) is 16.1. The van der Waals surface area contributed by atoms with Crippen molar-refractivity contribution in [2.75, 3.05) is 18.2 Å². The second-order valence-electron chi connectivity index (χ2n) is 6.70. The van der Waals surface area contributed by atoms with Gasteiger partial charge >= 0.3 is 0 Å². The van der Waals surface area contributed by atoms with Gasteiger partial charge in [-0.05, 0) is 55.0 Å². The molecule has 7 nitrogen and oxygen atoms in total. The number of ether oxygens (including phenoxy) is 2. The van der Waals surface area contributed by atoms with E-state index < -0.39 is 0 Å². The highest BCUT2D eigenvalue weighted by Crippen LogP contribution is 2.34. The van der Waals surface area contributed by atoms with Crippen molar-refractivity contribution < 1.29 is 18.7 Å². The molecule has 1 aliphatic heterocycles. The molecule has 2 aromatic heterocycles. The zero-order valence-corrected chi connectivity index (χ0v) is 16.9. The van der Waals surface area contributed by atoms with Crippen LogP contribution in [-0.2, 0) is 0 Å². The maximum Gasteiger partial charge on any atom is 0.280 e. The summed E-state index contributed by atoms with van der Waals surface area (Å²) in [6.07, 6.45) is 3.04. The lowest BCUT2D eigenvalue weighted by atomic mass is 10.2. The molecule has 0 saturated heterocycles. The van der Waals surface area contributed by atoms with Crippen LogP contribution in [0.25, 0.3) is 10.2 Å². The van der Waals surface area contributed by atoms with Crippen molar-refractivity contribution in [3.63, 3.8) is 0 Å². The van der Waals surface area contributed by atoms with Gasteiger partial charge in [-0.25, -0.2) is 4.98 Å². The number of anilines is 1. The molecular formula is C22H17N3O4S. The maximum atomic E-state index is 13.4. The first kappa shape index (κ1) is 18.4. The van der Waals surface area contributed by atoms with Gasteiger partial charge in [-0.3, -0.25) is 4.79 Å². The smallest absolute Gasteiger partial charge is 0.280 e. The number of nitrogens with zero attached hydrogens (tertiary/aromatic N) is 3. The molecule has 0 saturated carbocycles. The number of furan rings is 1. The van der Waals surface area contributed by atoms with Gasteiger partial charge in [-0.15, -0.1) is 0 Å². The number of hydrogen-bond donors (Lipinski definition) is 0. The zero-order chi connectivity index (χ0) is 20.5. The Morgan fingerprint density at radius 2 is 2.00 bits per heavy atom. The van der Waals surface area contributed by atoms with Crippen molar-refractivity contribution in [1.29, 1.82) is 0 Å². The molecule has 30 heavy (non-hydrogen) atoms. The van der Waals surface area contributed by atoms with Crippen LogP contribution in [0.5, 0.6) is 11.5 Å². The van der Waals surface area contributed by atoms with Gasteiger partial charge in [0.1, 0.15) is 19.0 Å². The van der Waals surface area contributed by atoms with Crippen LogP contribution in [0.1, 0.15) is 21.7 Å². The van der Waals surface area contributed by atoms with Crippen molar-refractivity contribution in [3.8, 4) is 11.5 Å². The summed E-state index contributed by atoms with van der Waals surface area (Å²) in [5, 5.41) is 6.14. The summed E-state index contributed by atoms with van der Waals surface area (Å²) in [5.74, 6) is 1.37. The second kappa shape index (κ2) is 7.64. The van der Waals surface area contributed by atoms with Gasteiger partial charge in [0.2, 0.25) is 5.13 Å². The topological polar surface area (TPSA) is 77.2 Å². The quantitative estimate of drug-likeness (QED) is 0.355. The van der Waals surface area contributed by atoms with E-state index in [1.807, 2.05) is 25.1 Å². The average molecular weight is 419 g/mol. The lowest BCUT2D eigenvalue weighted by Gasteiger charge is -2.19. The lowest BCUT2D eigenvalue weighted by molar-refractivity contribution is 0.0986. The van der Waals surface area contributed by atoms with Gasteiger partial charge < -0.3 is 13.9 Å². The number of thiazole rings is 1. The number of carbonyl (C=O) groups excluding carboxylic acids is 1. The fourth-order valence-electron chi connectivity index (χ4n) is 3.08. The molecule has 1 aliphatic rings. The van der Waals surface area contributed by atoms with Gasteiger partial charge in [0.05, 0.1) is 22.7 Å². The summed E-state index contributed by atoms with van der Waals surface area (Å²) < 4.78 is 17.5. The van der Waals surface area contributed by atoms with Crippen LogP contribution in [0.4, 0.5) is 5.13 Å². The summed E-state index contributed by atoms with van der Waals surface area (Å²) in [6.45, 7) is 2.96. The average Bonchev–Trinajstić information content (AvgIpc) is 3.43. The van der Waals surface area contributed by atoms with Crippen LogP contribution in [0.3, 0.4) is 0 Å². The molecule has 2 aromatic carbocycles. The van der Waals surface area contributed by atoms with E-state index in [0.717, 1.165) is 15.8 Å². The Labute approximate surface area is 176 Å². The Bertz CT molecular complexity index is 1250. The molecule has 4 aromatic rings. The van der Waals surface area contributed by atoms with Gasteiger partial charge in [0, 0.05) is 5.56 Å². The van der Waals surface area contributed by atoms with Crippen molar-refractivity contribution in [2.45, 2.75) is 6.92 Å². The Balaban J connectivity index is 1.55. The predicted octanol–water partition coefficient (Wildman–Crippen LogP) is 4.65. The second-order valence-corrected chi connectivity index (χ2v) is 7.71. The first-order chi connectivity index (χ1) is 14.7. The minimum absolute atomic E-state index is 0.328. The van der Waals surface area contributed by atoms with E-state index in [4.69, 9.17) is 13.9 Å². The Kier molecular flexibility index (Phi) is 4.68. The molecule has 3 heterocycles. The van der Waals surface area contributed by atoms with Gasteiger partial charge in [-0.2, -0.15) is 10.1 Å². The van der Waals surface area contributed by atoms with Crippen molar-refractivity contribution >= 4 is 38.8 Å². The van der Waals surface area contributed by atoms with E-state index in [1.165, 1.54) is 22.6 Å². The SMILES string of the molecule is Cc1ccc2nc(N(/N=C/c3ccco3)C(=O)c3ccc4c(c3)OCCO4)sc2c1. The van der Waals surface area contributed by atoms with Crippen molar-refractivity contribution in [1.82, 2.24) is 4.98 Å². The van der Waals surface area contributed by atoms with E-state index in [1.54, 1.807) is 36.6 Å². The summed E-state index contributed by atoms with van der Waals surface area (Å²) >= 11 is 1.40. The molecule has 5 rings (SSSR count). The maximum absolute atomic E-state index is 13.4. The molecule has 8 heteroatoms. The van der Waals surface area contributed by atoms with E-state index in [0.29, 0.717) is 41.2 Å². The largest absolute Gasteiger partial charge is 0.486 e. The molecular weight excluding hydrogens is 402 g/mol. The van der Waals surface area contributed by atoms with E-state index in [2.05, 4.69) is 10.1 Å². The predicted molar refractivity (Wildman–Crippen MR) is 115 cm³/mol. The molecule has 0 spiro atoms. The van der Waals surface area contributed by atoms with Crippen LogP contribution in [-0.4, -0.2) is 30.3 Å². The number of rotatable bonds is 4. The molecule has 0 atom stereocenters. The minimum Gasteiger partial charge on any atom is -0.486 e. The van der Waals surface area contributed by atoms with E-state index >= 15 is 0 Å². The fraction of sp³-hybridized carbons (Fsp3) is 0.136. The Hall–Kier alpha value is -3.65. The summed E-state index contributed by atoms with van der Waals surface area (Å²) in [5.41, 5.74) is 2.36. The third-order valence-electron chi connectivity index (χ3n) is 4.54. The number of amides is 1. The molecule has 0 aliphatic carbocycles. The van der Waals surface area contributed by atoms with Crippen molar-refractivity contribution in [3.05, 3.63) is 71.7 Å². The number of hydrogen-bond acceptors (Lipinski definition) is 7. The number of aromatic nitrogens is 1. The minimum atomic E-state index is -0.328. The van der Waals surface area contributed by atoms with Crippen LogP contribution in [0.15, 0.2) is 64.3 Å². The number of aryl methyl sites for hydroxylation is 1. The number of carbonyl (C=O) groups is 1. The fourth-order valence-corrected chi connectivity index (χ4v) is 4.10. The van der Waals surface area contributed by atoms with Crippen LogP contribution >= 0.6 is 11.3 Å². The van der Waals surface area contributed by atoms with Gasteiger partial charge in [0.15, 0.2) is 11.5 Å². The first-order valence-electron chi connectivity index (χ1n) is 9.36. The molecule has 150 valence electrons. The van der Waals surface area contributed by atoms with Crippen LogP contribution < -0.4 is 14.5 Å². The molecule has 0 radical (unpaired) electrons. The summed E-state index contributed by atoms with van der Waals surface area (Å²) in [4.78, 5) is 18.0. The molecule has 1 amide bonds. The Morgan fingerprint density at radius 1 is 1.13 bits per heavy atom. The van der Waals surface area contributed by atoms with Gasteiger partial charge in [-0.1, -0.05) is 17.4 Å². The third-order valence-corrected chi connectivity index (χ3v) is 5.53. The number of benzene rings is 2. The standard InChI is InChI=1S/C22H17N3O4S/c1-14-4-6-17-20(11-14)30-22(24-17)25(23-13-16-3-2-8-27-16)21(26)15-5-7-18-19(12-15)29-10-9-28-18/h2-8,11-13H,9-10H2,1H3/b23-13+. The molecule has 0 fully saturated rings. The molecule has 0 unspecified atom stereocenters. The summed E-state index contributed by atoms with van der Waals surface area (Å²) in [6, 6.07) is 14.6.